The molecule has 1 rings (SSSR count). The van der Waals surface area contributed by atoms with Gasteiger partial charge in [-0.25, -0.2) is 0 Å². The van der Waals surface area contributed by atoms with Crippen LogP contribution in [0.4, 0.5) is 0 Å². The number of hydrogen-bond donors (Lipinski definition) is 1. The maximum absolute atomic E-state index is 11.5. The Morgan fingerprint density at radius 1 is 1.79 bits per heavy atom. The third-order valence-electron chi connectivity index (χ3n) is 1.89. The van der Waals surface area contributed by atoms with E-state index in [2.05, 4.69) is 12.2 Å². The standard InChI is InChI=1S/C8H11N3O2S/c9-4-6-5-11(1-2-13-6)8(12)3-7(10)14/h6H,1-3,5H2,(H2,10,14). The summed E-state index contributed by atoms with van der Waals surface area (Å²) in [5, 5.41) is 8.61. The number of hydrogen-bond acceptors (Lipinski definition) is 4. The monoisotopic (exact) mass is 213 g/mol. The van der Waals surface area contributed by atoms with E-state index in [9.17, 15) is 4.79 Å². The molecule has 76 valence electrons. The number of nitrogens with zero attached hydrogens (tertiary/aromatic N) is 2. The minimum atomic E-state index is -0.529. The fourth-order valence-electron chi connectivity index (χ4n) is 1.21. The van der Waals surface area contributed by atoms with Crippen molar-refractivity contribution in [3.63, 3.8) is 0 Å². The molecule has 0 aromatic heterocycles. The van der Waals surface area contributed by atoms with Crippen molar-refractivity contribution in [3.8, 4) is 6.07 Å². The molecule has 1 fully saturated rings. The Bertz CT molecular complexity index is 287. The summed E-state index contributed by atoms with van der Waals surface area (Å²) in [7, 11) is 0. The van der Waals surface area contributed by atoms with Crippen molar-refractivity contribution in [2.45, 2.75) is 12.5 Å². The summed E-state index contributed by atoms with van der Waals surface area (Å²) in [6, 6.07) is 1.96. The van der Waals surface area contributed by atoms with Crippen LogP contribution in [0.1, 0.15) is 6.42 Å². The SMILES string of the molecule is N#CC1CN(C(=O)CC(N)=S)CCO1. The van der Waals surface area contributed by atoms with Crippen molar-refractivity contribution >= 4 is 23.1 Å². The van der Waals surface area contributed by atoms with Crippen molar-refractivity contribution in [1.29, 1.82) is 5.26 Å². The molecule has 1 saturated heterocycles. The number of carbonyl (C=O) groups is 1. The number of thiocarbonyl (C=S) groups is 1. The van der Waals surface area contributed by atoms with E-state index in [0.717, 1.165) is 0 Å². The molecule has 1 heterocycles. The summed E-state index contributed by atoms with van der Waals surface area (Å²) in [5.74, 6) is -0.138. The second-order valence-corrected chi connectivity index (χ2v) is 3.50. The molecular formula is C8H11N3O2S. The molecular weight excluding hydrogens is 202 g/mol. The molecule has 14 heavy (non-hydrogen) atoms. The Kier molecular flexibility index (Phi) is 3.80. The zero-order chi connectivity index (χ0) is 10.6. The predicted octanol–water partition coefficient (Wildman–Crippen LogP) is -0.586. The van der Waals surface area contributed by atoms with Gasteiger partial charge in [0.15, 0.2) is 6.10 Å². The van der Waals surface area contributed by atoms with Crippen LogP contribution in [-0.4, -0.2) is 41.6 Å². The molecule has 5 nitrogen and oxygen atoms in total. The van der Waals surface area contributed by atoms with Gasteiger partial charge in [0.1, 0.15) is 0 Å². The van der Waals surface area contributed by atoms with Crippen molar-refractivity contribution < 1.29 is 9.53 Å². The normalized spacial score (nSPS) is 21.4. The van der Waals surface area contributed by atoms with Crippen molar-refractivity contribution in [2.24, 2.45) is 5.73 Å². The van der Waals surface area contributed by atoms with Gasteiger partial charge in [-0.1, -0.05) is 12.2 Å². The first-order valence-electron chi connectivity index (χ1n) is 4.21. The number of ether oxygens (including phenoxy) is 1. The first kappa shape index (κ1) is 10.9. The smallest absolute Gasteiger partial charge is 0.229 e. The van der Waals surface area contributed by atoms with Gasteiger partial charge in [-0.05, 0) is 0 Å². The van der Waals surface area contributed by atoms with Crippen LogP contribution in [0.15, 0.2) is 0 Å². The lowest BCUT2D eigenvalue weighted by molar-refractivity contribution is -0.135. The molecule has 0 aromatic rings. The number of carbonyl (C=O) groups excluding carboxylic acids is 1. The number of nitrogens with two attached hydrogens (primary N) is 1. The molecule has 2 N–H and O–H groups in total. The van der Waals surface area contributed by atoms with E-state index in [4.69, 9.17) is 15.7 Å². The summed E-state index contributed by atoms with van der Waals surface area (Å²) in [6.45, 7) is 1.19. The van der Waals surface area contributed by atoms with E-state index in [1.165, 1.54) is 0 Å². The summed E-state index contributed by atoms with van der Waals surface area (Å²) in [6.07, 6.45) is -0.466. The van der Waals surface area contributed by atoms with Gasteiger partial charge < -0.3 is 15.4 Å². The minimum absolute atomic E-state index is 0.0630. The van der Waals surface area contributed by atoms with E-state index in [0.29, 0.717) is 19.7 Å². The number of nitriles is 1. The van der Waals surface area contributed by atoms with Crippen LogP contribution in [-0.2, 0) is 9.53 Å². The molecule has 1 aliphatic heterocycles. The molecule has 1 aliphatic rings. The van der Waals surface area contributed by atoms with Gasteiger partial charge in [0.05, 0.1) is 30.6 Å². The Morgan fingerprint density at radius 2 is 2.50 bits per heavy atom. The van der Waals surface area contributed by atoms with Crippen LogP contribution in [0.3, 0.4) is 0 Å². The van der Waals surface area contributed by atoms with E-state index in [1.807, 2.05) is 6.07 Å². The lowest BCUT2D eigenvalue weighted by Gasteiger charge is -2.29. The molecule has 0 spiro atoms. The number of amides is 1. The summed E-state index contributed by atoms with van der Waals surface area (Å²) >= 11 is 4.63. The highest BCUT2D eigenvalue weighted by Gasteiger charge is 2.23. The fourth-order valence-corrected chi connectivity index (χ4v) is 1.34. The van der Waals surface area contributed by atoms with Gasteiger partial charge in [0.2, 0.25) is 5.91 Å². The van der Waals surface area contributed by atoms with Crippen molar-refractivity contribution in [3.05, 3.63) is 0 Å². The summed E-state index contributed by atoms with van der Waals surface area (Å²) in [5.41, 5.74) is 5.25. The van der Waals surface area contributed by atoms with Crippen LogP contribution in [0.2, 0.25) is 0 Å². The summed E-state index contributed by atoms with van der Waals surface area (Å²) < 4.78 is 5.09. The maximum atomic E-state index is 11.5. The van der Waals surface area contributed by atoms with Crippen LogP contribution < -0.4 is 5.73 Å². The molecule has 6 heteroatoms. The minimum Gasteiger partial charge on any atom is -0.393 e. The third kappa shape index (κ3) is 2.94. The molecule has 1 amide bonds. The van der Waals surface area contributed by atoms with Crippen molar-refractivity contribution in [1.82, 2.24) is 4.90 Å². The quantitative estimate of drug-likeness (QED) is 0.620. The zero-order valence-electron chi connectivity index (χ0n) is 7.60. The van der Waals surface area contributed by atoms with Gasteiger partial charge in [-0.15, -0.1) is 0 Å². The average Bonchev–Trinajstić information content (AvgIpc) is 2.17. The van der Waals surface area contributed by atoms with Gasteiger partial charge in [-0.3, -0.25) is 4.79 Å². The lowest BCUT2D eigenvalue weighted by Crippen LogP contribution is -2.45. The molecule has 0 bridgehead atoms. The highest BCUT2D eigenvalue weighted by atomic mass is 32.1. The Balaban J connectivity index is 2.48. The highest BCUT2D eigenvalue weighted by molar-refractivity contribution is 7.80. The molecule has 0 aromatic carbocycles. The van der Waals surface area contributed by atoms with E-state index in [-0.39, 0.29) is 17.3 Å². The Hall–Kier alpha value is -1.19. The van der Waals surface area contributed by atoms with E-state index < -0.39 is 6.10 Å². The second-order valence-electron chi connectivity index (χ2n) is 2.97. The van der Waals surface area contributed by atoms with Crippen LogP contribution in [0, 0.1) is 11.3 Å². The second kappa shape index (κ2) is 4.88. The highest BCUT2D eigenvalue weighted by Crippen LogP contribution is 2.05. The van der Waals surface area contributed by atoms with Gasteiger partial charge >= 0.3 is 0 Å². The average molecular weight is 213 g/mol. The first-order valence-corrected chi connectivity index (χ1v) is 4.61. The predicted molar refractivity (Wildman–Crippen MR) is 53.3 cm³/mol. The number of morpholine rings is 1. The third-order valence-corrected chi connectivity index (χ3v) is 2.03. The zero-order valence-corrected chi connectivity index (χ0v) is 8.42. The van der Waals surface area contributed by atoms with Gasteiger partial charge in [-0.2, -0.15) is 5.26 Å². The first-order chi connectivity index (χ1) is 6.63. The van der Waals surface area contributed by atoms with Gasteiger partial charge in [0, 0.05) is 6.54 Å². The summed E-state index contributed by atoms with van der Waals surface area (Å²) in [4.78, 5) is 13.2. The Morgan fingerprint density at radius 3 is 3.07 bits per heavy atom. The molecule has 0 aliphatic carbocycles. The molecule has 0 radical (unpaired) electrons. The van der Waals surface area contributed by atoms with Crippen LogP contribution >= 0.6 is 12.2 Å². The van der Waals surface area contributed by atoms with Crippen LogP contribution in [0.5, 0.6) is 0 Å². The molecule has 1 atom stereocenters. The van der Waals surface area contributed by atoms with E-state index in [1.54, 1.807) is 4.90 Å². The maximum Gasteiger partial charge on any atom is 0.229 e. The van der Waals surface area contributed by atoms with E-state index >= 15 is 0 Å². The molecule has 0 saturated carbocycles. The topological polar surface area (TPSA) is 79.4 Å². The fraction of sp³-hybridized carbons (Fsp3) is 0.625. The van der Waals surface area contributed by atoms with Gasteiger partial charge in [0.25, 0.3) is 0 Å². The number of rotatable bonds is 2. The largest absolute Gasteiger partial charge is 0.393 e. The lowest BCUT2D eigenvalue weighted by atomic mass is 10.2. The van der Waals surface area contributed by atoms with Crippen LogP contribution in [0.25, 0.3) is 0 Å². The Labute approximate surface area is 87.4 Å². The van der Waals surface area contributed by atoms with Crippen molar-refractivity contribution in [2.75, 3.05) is 19.7 Å². The molecule has 1 unspecified atom stereocenters.